The Labute approximate surface area is 85.3 Å². The molecule has 0 saturated carbocycles. The predicted molar refractivity (Wildman–Crippen MR) is 55.0 cm³/mol. The topological polar surface area (TPSA) is 52.6 Å². The molecule has 82 valence electrons. The fourth-order valence-electron chi connectivity index (χ4n) is 1.69. The van der Waals surface area contributed by atoms with Gasteiger partial charge in [-0.05, 0) is 26.8 Å². The SMILES string of the molecule is CCC(C)(O)CN1CCC(NC)C1=O. The van der Waals surface area contributed by atoms with E-state index in [9.17, 15) is 9.90 Å². The molecule has 14 heavy (non-hydrogen) atoms. The third-order valence-electron chi connectivity index (χ3n) is 2.94. The van der Waals surface area contributed by atoms with E-state index in [1.165, 1.54) is 0 Å². The van der Waals surface area contributed by atoms with Crippen LogP contribution in [0.3, 0.4) is 0 Å². The molecule has 1 aliphatic heterocycles. The maximum atomic E-state index is 11.7. The van der Waals surface area contributed by atoms with Gasteiger partial charge < -0.3 is 15.3 Å². The molecule has 1 aliphatic rings. The normalized spacial score (nSPS) is 26.7. The lowest BCUT2D eigenvalue weighted by atomic mass is 10.0. The number of hydrogen-bond donors (Lipinski definition) is 2. The van der Waals surface area contributed by atoms with E-state index in [0.717, 1.165) is 13.0 Å². The van der Waals surface area contributed by atoms with E-state index in [1.54, 1.807) is 18.9 Å². The molecular weight excluding hydrogens is 180 g/mol. The van der Waals surface area contributed by atoms with Crippen LogP contribution in [0.4, 0.5) is 0 Å². The van der Waals surface area contributed by atoms with Gasteiger partial charge in [-0.25, -0.2) is 0 Å². The molecule has 1 rings (SSSR count). The van der Waals surface area contributed by atoms with Gasteiger partial charge >= 0.3 is 0 Å². The molecule has 0 radical (unpaired) electrons. The standard InChI is InChI=1S/C10H20N2O2/c1-4-10(2,14)7-12-6-5-8(11-3)9(12)13/h8,11,14H,4-7H2,1-3H3. The van der Waals surface area contributed by atoms with Crippen LogP contribution < -0.4 is 5.32 Å². The van der Waals surface area contributed by atoms with E-state index in [-0.39, 0.29) is 11.9 Å². The van der Waals surface area contributed by atoms with Crippen molar-refractivity contribution in [2.75, 3.05) is 20.1 Å². The summed E-state index contributed by atoms with van der Waals surface area (Å²) >= 11 is 0. The summed E-state index contributed by atoms with van der Waals surface area (Å²) in [5.41, 5.74) is -0.752. The Balaban J connectivity index is 2.52. The van der Waals surface area contributed by atoms with Crippen LogP contribution in [0.25, 0.3) is 0 Å². The van der Waals surface area contributed by atoms with Crippen LogP contribution in [-0.4, -0.2) is 47.7 Å². The van der Waals surface area contributed by atoms with Crippen LogP contribution in [0.5, 0.6) is 0 Å². The molecule has 0 aromatic carbocycles. The van der Waals surface area contributed by atoms with E-state index >= 15 is 0 Å². The summed E-state index contributed by atoms with van der Waals surface area (Å²) in [6, 6.07) is -0.0531. The lowest BCUT2D eigenvalue weighted by Gasteiger charge is -2.27. The highest BCUT2D eigenvalue weighted by Gasteiger charge is 2.33. The molecule has 0 spiro atoms. The van der Waals surface area contributed by atoms with Crippen molar-refractivity contribution in [2.24, 2.45) is 0 Å². The number of carbonyl (C=O) groups is 1. The molecule has 4 heteroatoms. The number of carbonyl (C=O) groups excluding carboxylic acids is 1. The van der Waals surface area contributed by atoms with Crippen molar-refractivity contribution in [3.8, 4) is 0 Å². The molecule has 1 fully saturated rings. The smallest absolute Gasteiger partial charge is 0.239 e. The summed E-state index contributed by atoms with van der Waals surface area (Å²) in [4.78, 5) is 13.4. The number of likely N-dealkylation sites (tertiary alicyclic amines) is 1. The first-order valence-corrected chi connectivity index (χ1v) is 5.18. The average Bonchev–Trinajstić information content (AvgIpc) is 2.47. The van der Waals surface area contributed by atoms with E-state index in [2.05, 4.69) is 5.32 Å². The molecule has 0 bridgehead atoms. The van der Waals surface area contributed by atoms with Crippen LogP contribution in [0.1, 0.15) is 26.7 Å². The molecule has 2 N–H and O–H groups in total. The summed E-state index contributed by atoms with van der Waals surface area (Å²) in [5, 5.41) is 12.8. The first-order chi connectivity index (χ1) is 6.50. The second-order valence-electron chi connectivity index (χ2n) is 4.24. The highest BCUT2D eigenvalue weighted by molar-refractivity contribution is 5.84. The minimum absolute atomic E-state index is 0.0531. The van der Waals surface area contributed by atoms with Gasteiger partial charge in [0, 0.05) is 13.1 Å². The second-order valence-corrected chi connectivity index (χ2v) is 4.24. The zero-order valence-electron chi connectivity index (χ0n) is 9.21. The van der Waals surface area contributed by atoms with Crippen LogP contribution in [0.15, 0.2) is 0 Å². The van der Waals surface area contributed by atoms with Crippen molar-refractivity contribution >= 4 is 5.91 Å². The summed E-state index contributed by atoms with van der Waals surface area (Å²) in [6.07, 6.45) is 1.51. The summed E-state index contributed by atoms with van der Waals surface area (Å²) in [5.74, 6) is 0.112. The van der Waals surface area contributed by atoms with Crippen molar-refractivity contribution < 1.29 is 9.90 Å². The number of aliphatic hydroxyl groups is 1. The quantitative estimate of drug-likeness (QED) is 0.670. The minimum atomic E-state index is -0.752. The predicted octanol–water partition coefficient (Wildman–Crippen LogP) is -0.0323. The summed E-state index contributed by atoms with van der Waals surface area (Å²) in [6.45, 7) is 4.89. The largest absolute Gasteiger partial charge is 0.388 e. The molecule has 1 heterocycles. The number of β-amino-alcohol motifs (C(OH)–C–C–N with tert-alkyl or cyclic N) is 1. The van der Waals surface area contributed by atoms with Crippen LogP contribution >= 0.6 is 0 Å². The number of amides is 1. The molecule has 2 unspecified atom stereocenters. The van der Waals surface area contributed by atoms with Crippen LogP contribution in [-0.2, 0) is 4.79 Å². The van der Waals surface area contributed by atoms with Gasteiger partial charge in [-0.2, -0.15) is 0 Å². The lowest BCUT2D eigenvalue weighted by Crippen LogP contribution is -2.44. The molecule has 4 nitrogen and oxygen atoms in total. The lowest BCUT2D eigenvalue weighted by molar-refractivity contribution is -0.132. The zero-order valence-corrected chi connectivity index (χ0v) is 9.21. The number of rotatable bonds is 4. The zero-order chi connectivity index (χ0) is 10.8. The van der Waals surface area contributed by atoms with Crippen molar-refractivity contribution in [1.82, 2.24) is 10.2 Å². The summed E-state index contributed by atoms with van der Waals surface area (Å²) in [7, 11) is 1.80. The van der Waals surface area contributed by atoms with Gasteiger partial charge in [-0.3, -0.25) is 4.79 Å². The molecule has 0 aromatic heterocycles. The first-order valence-electron chi connectivity index (χ1n) is 5.18. The Kier molecular flexibility index (Phi) is 3.50. The van der Waals surface area contributed by atoms with Gasteiger partial charge in [0.1, 0.15) is 0 Å². The van der Waals surface area contributed by atoms with Crippen LogP contribution in [0.2, 0.25) is 0 Å². The fraction of sp³-hybridized carbons (Fsp3) is 0.900. The monoisotopic (exact) mass is 200 g/mol. The van der Waals surface area contributed by atoms with E-state index in [0.29, 0.717) is 13.0 Å². The Bertz CT molecular complexity index is 216. The first kappa shape index (κ1) is 11.5. The molecule has 0 aliphatic carbocycles. The highest BCUT2D eigenvalue weighted by atomic mass is 16.3. The fourth-order valence-corrected chi connectivity index (χ4v) is 1.69. The molecule has 1 amide bonds. The van der Waals surface area contributed by atoms with E-state index < -0.39 is 5.60 Å². The van der Waals surface area contributed by atoms with Crippen LogP contribution in [0, 0.1) is 0 Å². The molecule has 2 atom stereocenters. The number of nitrogens with zero attached hydrogens (tertiary/aromatic N) is 1. The van der Waals surface area contributed by atoms with Gasteiger partial charge in [0.25, 0.3) is 0 Å². The van der Waals surface area contributed by atoms with Gasteiger partial charge in [-0.15, -0.1) is 0 Å². The van der Waals surface area contributed by atoms with Gasteiger partial charge in [-0.1, -0.05) is 6.92 Å². The minimum Gasteiger partial charge on any atom is -0.388 e. The third kappa shape index (κ3) is 2.45. The third-order valence-corrected chi connectivity index (χ3v) is 2.94. The summed E-state index contributed by atoms with van der Waals surface area (Å²) < 4.78 is 0. The van der Waals surface area contributed by atoms with Gasteiger partial charge in [0.05, 0.1) is 11.6 Å². The van der Waals surface area contributed by atoms with Gasteiger partial charge in [0.15, 0.2) is 0 Å². The Morgan fingerprint density at radius 2 is 2.36 bits per heavy atom. The number of hydrogen-bond acceptors (Lipinski definition) is 3. The molecular formula is C10H20N2O2. The maximum Gasteiger partial charge on any atom is 0.239 e. The number of likely N-dealkylation sites (N-methyl/N-ethyl adjacent to an activating group) is 1. The molecule has 1 saturated heterocycles. The van der Waals surface area contributed by atoms with Crippen molar-refractivity contribution in [1.29, 1.82) is 0 Å². The average molecular weight is 200 g/mol. The van der Waals surface area contributed by atoms with Crippen molar-refractivity contribution in [3.05, 3.63) is 0 Å². The van der Waals surface area contributed by atoms with Crippen molar-refractivity contribution in [2.45, 2.75) is 38.3 Å². The Hall–Kier alpha value is -0.610. The van der Waals surface area contributed by atoms with Crippen molar-refractivity contribution in [3.63, 3.8) is 0 Å². The van der Waals surface area contributed by atoms with E-state index in [4.69, 9.17) is 0 Å². The number of nitrogens with one attached hydrogen (secondary N) is 1. The van der Waals surface area contributed by atoms with E-state index in [1.807, 2.05) is 6.92 Å². The Morgan fingerprint density at radius 3 is 2.79 bits per heavy atom. The van der Waals surface area contributed by atoms with Gasteiger partial charge in [0.2, 0.25) is 5.91 Å². The molecule has 0 aromatic rings. The second kappa shape index (κ2) is 4.28. The maximum absolute atomic E-state index is 11.7. The Morgan fingerprint density at radius 1 is 1.71 bits per heavy atom. The highest BCUT2D eigenvalue weighted by Crippen LogP contribution is 2.17.